The predicted molar refractivity (Wildman–Crippen MR) is 102 cm³/mol. The quantitative estimate of drug-likeness (QED) is 0.737. The van der Waals surface area contributed by atoms with Crippen molar-refractivity contribution in [3.63, 3.8) is 0 Å². The Balaban J connectivity index is 1.38. The summed E-state index contributed by atoms with van der Waals surface area (Å²) in [6.07, 6.45) is 2.46. The Labute approximate surface area is 152 Å². The van der Waals surface area contributed by atoms with Gasteiger partial charge in [0.05, 0.1) is 6.54 Å². The number of hydrogen-bond donors (Lipinski definition) is 1. The van der Waals surface area contributed by atoms with Gasteiger partial charge < -0.3 is 10.2 Å². The van der Waals surface area contributed by atoms with Gasteiger partial charge in [-0.25, -0.2) is 0 Å². The van der Waals surface area contributed by atoms with E-state index < -0.39 is 0 Å². The lowest BCUT2D eigenvalue weighted by molar-refractivity contribution is -0.127. The lowest BCUT2D eigenvalue weighted by Gasteiger charge is -2.17. The summed E-state index contributed by atoms with van der Waals surface area (Å²) in [5.41, 5.74) is 1.27. The maximum Gasteiger partial charge on any atom is 0.234 e. The molecule has 0 unspecified atom stereocenters. The van der Waals surface area contributed by atoms with Crippen molar-refractivity contribution in [1.29, 1.82) is 0 Å². The van der Waals surface area contributed by atoms with Crippen LogP contribution in [-0.4, -0.2) is 54.8 Å². The zero-order chi connectivity index (χ0) is 17.6. The van der Waals surface area contributed by atoms with E-state index in [1.54, 1.807) is 11.3 Å². The number of hydrogen-bond acceptors (Lipinski definition) is 4. The van der Waals surface area contributed by atoms with Crippen LogP contribution in [-0.2, 0) is 16.1 Å². The monoisotopic (exact) mass is 359 g/mol. The summed E-state index contributed by atoms with van der Waals surface area (Å²) in [7, 11) is 1.97. The number of carbonyl (C=O) groups excluding carboxylic acids is 2. The number of thiophene rings is 1. The molecule has 25 heavy (non-hydrogen) atoms. The van der Waals surface area contributed by atoms with Crippen LogP contribution in [0, 0.1) is 0 Å². The van der Waals surface area contributed by atoms with Crippen molar-refractivity contribution in [3.8, 4) is 0 Å². The Morgan fingerprint density at radius 1 is 1.36 bits per heavy atom. The third kappa shape index (κ3) is 4.80. The van der Waals surface area contributed by atoms with Crippen molar-refractivity contribution in [3.05, 3.63) is 35.2 Å². The average molecular weight is 359 g/mol. The maximum atomic E-state index is 12.1. The van der Waals surface area contributed by atoms with Crippen LogP contribution in [0.2, 0.25) is 0 Å². The Morgan fingerprint density at radius 3 is 3.00 bits per heavy atom. The third-order valence-electron chi connectivity index (χ3n) is 4.51. The number of carbonyl (C=O) groups is 2. The van der Waals surface area contributed by atoms with Crippen molar-refractivity contribution in [1.82, 2.24) is 15.1 Å². The lowest BCUT2D eigenvalue weighted by atomic mass is 10.2. The molecule has 2 heterocycles. The SMILES string of the molecule is CN(CC(=O)NCCCN1CCCC1=O)Cc1csc2ccccc12. The van der Waals surface area contributed by atoms with Crippen molar-refractivity contribution in [2.75, 3.05) is 33.2 Å². The zero-order valence-electron chi connectivity index (χ0n) is 14.7. The molecule has 0 radical (unpaired) electrons. The molecule has 0 spiro atoms. The first-order chi connectivity index (χ1) is 12.1. The minimum absolute atomic E-state index is 0.0368. The van der Waals surface area contributed by atoms with E-state index in [9.17, 15) is 9.59 Å². The highest BCUT2D eigenvalue weighted by molar-refractivity contribution is 7.17. The van der Waals surface area contributed by atoms with Crippen molar-refractivity contribution >= 4 is 33.2 Å². The van der Waals surface area contributed by atoms with Crippen molar-refractivity contribution < 1.29 is 9.59 Å². The third-order valence-corrected chi connectivity index (χ3v) is 5.53. The highest BCUT2D eigenvalue weighted by Crippen LogP contribution is 2.26. The number of likely N-dealkylation sites (N-methyl/N-ethyl adjacent to an activating group) is 1. The number of benzene rings is 1. The van der Waals surface area contributed by atoms with Gasteiger partial charge in [-0.2, -0.15) is 0 Å². The van der Waals surface area contributed by atoms with Crippen LogP contribution in [0.4, 0.5) is 0 Å². The van der Waals surface area contributed by atoms with Gasteiger partial charge in [0.25, 0.3) is 0 Å². The molecule has 0 saturated carbocycles. The topological polar surface area (TPSA) is 52.7 Å². The Kier molecular flexibility index (Phi) is 6.04. The standard InChI is InChI=1S/C19H25N3O2S/c1-21(12-15-14-25-17-7-3-2-6-16(15)17)13-18(23)20-9-5-11-22-10-4-8-19(22)24/h2-3,6-7,14H,4-5,8-13H2,1H3,(H,20,23). The van der Waals surface area contributed by atoms with Crippen LogP contribution in [0.25, 0.3) is 10.1 Å². The summed E-state index contributed by atoms with van der Waals surface area (Å²) in [6.45, 7) is 3.38. The molecule has 1 saturated heterocycles. The molecule has 1 aliphatic rings. The number of likely N-dealkylation sites (tertiary alicyclic amines) is 1. The fourth-order valence-electron chi connectivity index (χ4n) is 3.24. The number of nitrogens with one attached hydrogen (secondary N) is 1. The first-order valence-electron chi connectivity index (χ1n) is 8.81. The number of rotatable bonds is 8. The van der Waals surface area contributed by atoms with E-state index in [1.165, 1.54) is 15.6 Å². The predicted octanol–water partition coefficient (Wildman–Crippen LogP) is 2.46. The molecule has 0 bridgehead atoms. The maximum absolute atomic E-state index is 12.1. The van der Waals surface area contributed by atoms with Crippen LogP contribution in [0.3, 0.4) is 0 Å². The smallest absolute Gasteiger partial charge is 0.234 e. The molecule has 1 N–H and O–H groups in total. The highest BCUT2D eigenvalue weighted by Gasteiger charge is 2.19. The number of fused-ring (bicyclic) bond motifs is 1. The molecule has 0 atom stereocenters. The van der Waals surface area contributed by atoms with E-state index >= 15 is 0 Å². The van der Waals surface area contributed by atoms with Crippen molar-refractivity contribution in [2.24, 2.45) is 0 Å². The zero-order valence-corrected chi connectivity index (χ0v) is 15.5. The summed E-state index contributed by atoms with van der Waals surface area (Å²) in [5.74, 6) is 0.281. The minimum Gasteiger partial charge on any atom is -0.355 e. The normalized spacial score (nSPS) is 14.6. The first kappa shape index (κ1) is 17.9. The van der Waals surface area contributed by atoms with E-state index in [-0.39, 0.29) is 11.8 Å². The van der Waals surface area contributed by atoms with Crippen LogP contribution in [0.1, 0.15) is 24.8 Å². The van der Waals surface area contributed by atoms with E-state index in [0.717, 1.165) is 32.5 Å². The summed E-state index contributed by atoms with van der Waals surface area (Å²) < 4.78 is 1.28. The summed E-state index contributed by atoms with van der Waals surface area (Å²) in [4.78, 5) is 27.5. The molecule has 134 valence electrons. The van der Waals surface area contributed by atoms with Crippen LogP contribution in [0.5, 0.6) is 0 Å². The summed E-state index contributed by atoms with van der Waals surface area (Å²) in [5, 5.41) is 6.40. The van der Waals surface area contributed by atoms with E-state index in [4.69, 9.17) is 0 Å². The molecular formula is C19H25N3O2S. The number of nitrogens with zero attached hydrogens (tertiary/aromatic N) is 2. The molecule has 1 aromatic heterocycles. The van der Waals surface area contributed by atoms with Gasteiger partial charge in [0, 0.05) is 37.3 Å². The largest absolute Gasteiger partial charge is 0.355 e. The lowest BCUT2D eigenvalue weighted by Crippen LogP contribution is -2.36. The molecule has 1 fully saturated rings. The van der Waals surface area contributed by atoms with Gasteiger partial charge in [0.2, 0.25) is 11.8 Å². The van der Waals surface area contributed by atoms with Gasteiger partial charge in [0.15, 0.2) is 0 Å². The Bertz CT molecular complexity index is 743. The van der Waals surface area contributed by atoms with Crippen LogP contribution < -0.4 is 5.32 Å². The molecule has 0 aliphatic carbocycles. The van der Waals surface area contributed by atoms with Gasteiger partial charge in [-0.1, -0.05) is 18.2 Å². The summed E-state index contributed by atoms with van der Waals surface area (Å²) >= 11 is 1.74. The van der Waals surface area contributed by atoms with E-state index in [0.29, 0.717) is 19.5 Å². The van der Waals surface area contributed by atoms with Gasteiger partial charge in [-0.05, 0) is 42.3 Å². The van der Waals surface area contributed by atoms with Gasteiger partial charge in [0.1, 0.15) is 0 Å². The Hall–Kier alpha value is -1.92. The number of amides is 2. The van der Waals surface area contributed by atoms with Gasteiger partial charge >= 0.3 is 0 Å². The summed E-state index contributed by atoms with van der Waals surface area (Å²) in [6, 6.07) is 8.36. The average Bonchev–Trinajstić information content (AvgIpc) is 3.18. The molecular weight excluding hydrogens is 334 g/mol. The van der Waals surface area contributed by atoms with Crippen molar-refractivity contribution in [2.45, 2.75) is 25.8 Å². The van der Waals surface area contributed by atoms with Gasteiger partial charge in [-0.3, -0.25) is 14.5 Å². The Morgan fingerprint density at radius 2 is 2.20 bits per heavy atom. The fraction of sp³-hybridized carbons (Fsp3) is 0.474. The molecule has 2 amide bonds. The molecule has 5 nitrogen and oxygen atoms in total. The highest BCUT2D eigenvalue weighted by atomic mass is 32.1. The molecule has 6 heteroatoms. The van der Waals surface area contributed by atoms with Gasteiger partial charge in [-0.15, -0.1) is 11.3 Å². The second kappa shape index (κ2) is 8.45. The minimum atomic E-state index is 0.0368. The second-order valence-electron chi connectivity index (χ2n) is 6.62. The molecule has 1 aromatic carbocycles. The van der Waals surface area contributed by atoms with E-state index in [2.05, 4.69) is 35.0 Å². The van der Waals surface area contributed by atoms with Crippen LogP contribution in [0.15, 0.2) is 29.6 Å². The first-order valence-corrected chi connectivity index (χ1v) is 9.69. The fourth-order valence-corrected chi connectivity index (χ4v) is 4.20. The second-order valence-corrected chi connectivity index (χ2v) is 7.53. The molecule has 3 rings (SSSR count). The van der Waals surface area contributed by atoms with E-state index in [1.807, 2.05) is 16.8 Å². The van der Waals surface area contributed by atoms with Crippen LogP contribution >= 0.6 is 11.3 Å². The molecule has 1 aliphatic heterocycles. The molecule has 2 aromatic rings.